The highest BCUT2D eigenvalue weighted by Crippen LogP contribution is 2.13. The molecule has 0 aliphatic carbocycles. The second-order valence-corrected chi connectivity index (χ2v) is 5.19. The summed E-state index contributed by atoms with van der Waals surface area (Å²) >= 11 is 0. The van der Waals surface area contributed by atoms with Gasteiger partial charge in [-0.2, -0.15) is 0 Å². The van der Waals surface area contributed by atoms with E-state index in [4.69, 9.17) is 10.5 Å². The normalized spacial score (nSPS) is 26.5. The summed E-state index contributed by atoms with van der Waals surface area (Å²) in [5, 5.41) is 0. The first-order valence-corrected chi connectivity index (χ1v) is 6.20. The number of rotatable bonds is 4. The van der Waals surface area contributed by atoms with Gasteiger partial charge in [-0.15, -0.1) is 0 Å². The Bertz CT molecular complexity index is 268. The lowest BCUT2D eigenvalue weighted by Crippen LogP contribution is -2.59. The lowest BCUT2D eigenvalue weighted by molar-refractivity contribution is -0.147. The molecule has 1 fully saturated rings. The minimum Gasteiger partial charge on any atom is -0.468 e. The summed E-state index contributed by atoms with van der Waals surface area (Å²) in [7, 11) is 3.53. The van der Waals surface area contributed by atoms with E-state index in [0.717, 1.165) is 26.1 Å². The van der Waals surface area contributed by atoms with Crippen molar-refractivity contribution in [3.8, 4) is 0 Å². The molecule has 5 nitrogen and oxygen atoms in total. The zero-order valence-corrected chi connectivity index (χ0v) is 11.4. The summed E-state index contributed by atoms with van der Waals surface area (Å²) in [4.78, 5) is 16.2. The summed E-state index contributed by atoms with van der Waals surface area (Å²) < 4.78 is 4.73. The first kappa shape index (κ1) is 14.4. The quantitative estimate of drug-likeness (QED) is 0.699. The Morgan fingerprint density at radius 2 is 2.18 bits per heavy atom. The maximum atomic E-state index is 11.5. The molecule has 5 heteroatoms. The molecule has 1 saturated heterocycles. The zero-order chi connectivity index (χ0) is 13.1. The van der Waals surface area contributed by atoms with Gasteiger partial charge in [0, 0.05) is 32.2 Å². The molecule has 100 valence electrons. The fourth-order valence-electron chi connectivity index (χ4n) is 2.36. The number of piperazine rings is 1. The van der Waals surface area contributed by atoms with Gasteiger partial charge < -0.3 is 15.4 Å². The van der Waals surface area contributed by atoms with Crippen molar-refractivity contribution in [3.05, 3.63) is 0 Å². The van der Waals surface area contributed by atoms with Crippen molar-refractivity contribution in [1.82, 2.24) is 9.80 Å². The molecule has 2 atom stereocenters. The molecule has 17 heavy (non-hydrogen) atoms. The number of carbonyl (C=O) groups is 1. The highest BCUT2D eigenvalue weighted by atomic mass is 16.5. The molecule has 0 aromatic heterocycles. The maximum Gasteiger partial charge on any atom is 0.326 e. The topological polar surface area (TPSA) is 58.8 Å². The Hall–Kier alpha value is -0.650. The van der Waals surface area contributed by atoms with Gasteiger partial charge in [-0.3, -0.25) is 9.69 Å². The number of hydrogen-bond acceptors (Lipinski definition) is 5. The number of esters is 1. The Balaban J connectivity index is 2.55. The summed E-state index contributed by atoms with van der Waals surface area (Å²) in [6.07, 6.45) is 1.12. The maximum absolute atomic E-state index is 11.5. The number of hydrogen-bond donors (Lipinski definition) is 1. The zero-order valence-electron chi connectivity index (χ0n) is 11.4. The van der Waals surface area contributed by atoms with Crippen LogP contribution in [0.5, 0.6) is 0 Å². The smallest absolute Gasteiger partial charge is 0.326 e. The van der Waals surface area contributed by atoms with E-state index < -0.39 is 5.54 Å². The monoisotopic (exact) mass is 243 g/mol. The first-order valence-electron chi connectivity index (χ1n) is 6.20. The second kappa shape index (κ2) is 5.80. The average Bonchev–Trinajstić information content (AvgIpc) is 2.30. The van der Waals surface area contributed by atoms with Crippen molar-refractivity contribution in [3.63, 3.8) is 0 Å². The van der Waals surface area contributed by atoms with Crippen LogP contribution in [0.3, 0.4) is 0 Å². The van der Waals surface area contributed by atoms with Gasteiger partial charge in [0.1, 0.15) is 5.54 Å². The van der Waals surface area contributed by atoms with Gasteiger partial charge in [-0.25, -0.2) is 0 Å². The van der Waals surface area contributed by atoms with Crippen LogP contribution in [0, 0.1) is 0 Å². The van der Waals surface area contributed by atoms with Gasteiger partial charge in [0.05, 0.1) is 7.11 Å². The molecule has 0 amide bonds. The Kier molecular flexibility index (Phi) is 4.91. The van der Waals surface area contributed by atoms with Crippen molar-refractivity contribution in [2.75, 3.05) is 40.3 Å². The molecule has 0 radical (unpaired) electrons. The number of methoxy groups -OCH3 is 1. The largest absolute Gasteiger partial charge is 0.468 e. The van der Waals surface area contributed by atoms with E-state index >= 15 is 0 Å². The van der Waals surface area contributed by atoms with Crippen LogP contribution in [0.25, 0.3) is 0 Å². The molecular weight excluding hydrogens is 218 g/mol. The summed E-state index contributed by atoms with van der Waals surface area (Å²) in [5.41, 5.74) is 5.08. The second-order valence-electron chi connectivity index (χ2n) is 5.19. The SMILES string of the molecule is CCC1CN(CC(C)(N)C(=O)OC)CCN1C. The number of nitrogens with two attached hydrogens (primary N) is 1. The standard InChI is InChI=1S/C12H25N3O2/c1-5-10-8-15(7-6-14(10)3)9-12(2,13)11(16)17-4/h10H,5-9,13H2,1-4H3. The third kappa shape index (κ3) is 3.66. The third-order valence-electron chi connectivity index (χ3n) is 3.54. The van der Waals surface area contributed by atoms with Crippen molar-refractivity contribution >= 4 is 5.97 Å². The molecular formula is C12H25N3O2. The summed E-state index contributed by atoms with van der Waals surface area (Å²) in [6, 6.07) is 0.553. The first-order chi connectivity index (χ1) is 7.90. The van der Waals surface area contributed by atoms with Crippen molar-refractivity contribution in [2.45, 2.75) is 31.8 Å². The van der Waals surface area contributed by atoms with Crippen molar-refractivity contribution in [2.24, 2.45) is 5.73 Å². The lowest BCUT2D eigenvalue weighted by Gasteiger charge is -2.41. The molecule has 0 spiro atoms. The van der Waals surface area contributed by atoms with Crippen LogP contribution < -0.4 is 5.73 Å². The third-order valence-corrected chi connectivity index (χ3v) is 3.54. The van der Waals surface area contributed by atoms with E-state index in [1.54, 1.807) is 6.92 Å². The molecule has 0 bridgehead atoms. The van der Waals surface area contributed by atoms with Gasteiger partial charge in [0.25, 0.3) is 0 Å². The highest BCUT2D eigenvalue weighted by Gasteiger charge is 2.34. The fourth-order valence-corrected chi connectivity index (χ4v) is 2.36. The van der Waals surface area contributed by atoms with Crippen LogP contribution in [-0.2, 0) is 9.53 Å². The van der Waals surface area contributed by atoms with Crippen LogP contribution >= 0.6 is 0 Å². The number of likely N-dealkylation sites (N-methyl/N-ethyl adjacent to an activating group) is 1. The van der Waals surface area contributed by atoms with Gasteiger partial charge in [0.2, 0.25) is 0 Å². The highest BCUT2D eigenvalue weighted by molar-refractivity contribution is 5.80. The van der Waals surface area contributed by atoms with Crippen LogP contribution in [0.4, 0.5) is 0 Å². The summed E-state index contributed by atoms with van der Waals surface area (Å²) in [6.45, 7) is 7.43. The molecule has 0 saturated carbocycles. The molecule has 1 heterocycles. The van der Waals surface area contributed by atoms with Gasteiger partial charge in [-0.05, 0) is 20.4 Å². The van der Waals surface area contributed by atoms with Crippen LogP contribution in [0.2, 0.25) is 0 Å². The predicted octanol–water partition coefficient (Wildman–Crippen LogP) is -0.0972. The van der Waals surface area contributed by atoms with Crippen LogP contribution in [0.1, 0.15) is 20.3 Å². The number of carbonyl (C=O) groups excluding carboxylic acids is 1. The Labute approximate surface area is 104 Å². The molecule has 1 aliphatic rings. The van der Waals surface area contributed by atoms with E-state index in [1.165, 1.54) is 7.11 Å². The minimum atomic E-state index is -0.914. The minimum absolute atomic E-state index is 0.343. The van der Waals surface area contributed by atoms with Gasteiger partial charge in [0.15, 0.2) is 0 Å². The Morgan fingerprint density at radius 1 is 1.53 bits per heavy atom. The summed E-state index contributed by atoms with van der Waals surface area (Å²) in [5.74, 6) is -0.343. The van der Waals surface area contributed by atoms with E-state index in [9.17, 15) is 4.79 Å². The van der Waals surface area contributed by atoms with Gasteiger partial charge in [-0.1, -0.05) is 6.92 Å². The van der Waals surface area contributed by atoms with E-state index in [2.05, 4.69) is 23.8 Å². The Morgan fingerprint density at radius 3 is 2.71 bits per heavy atom. The molecule has 2 N–H and O–H groups in total. The number of nitrogens with zero attached hydrogens (tertiary/aromatic N) is 2. The molecule has 2 unspecified atom stereocenters. The predicted molar refractivity (Wildman–Crippen MR) is 67.8 cm³/mol. The van der Waals surface area contributed by atoms with Crippen LogP contribution in [0.15, 0.2) is 0 Å². The van der Waals surface area contributed by atoms with E-state index in [-0.39, 0.29) is 5.97 Å². The van der Waals surface area contributed by atoms with E-state index in [1.807, 2.05) is 0 Å². The van der Waals surface area contributed by atoms with Crippen LogP contribution in [-0.4, -0.2) is 67.7 Å². The average molecular weight is 243 g/mol. The number of ether oxygens (including phenoxy) is 1. The molecule has 0 aromatic rings. The van der Waals surface area contributed by atoms with Crippen molar-refractivity contribution in [1.29, 1.82) is 0 Å². The lowest BCUT2D eigenvalue weighted by atomic mass is 10.0. The fraction of sp³-hybridized carbons (Fsp3) is 0.917. The van der Waals surface area contributed by atoms with E-state index in [0.29, 0.717) is 12.6 Å². The molecule has 0 aromatic carbocycles. The molecule has 1 aliphatic heterocycles. The van der Waals surface area contributed by atoms with Gasteiger partial charge >= 0.3 is 5.97 Å². The van der Waals surface area contributed by atoms with Crippen molar-refractivity contribution < 1.29 is 9.53 Å². The molecule has 1 rings (SSSR count).